The Morgan fingerprint density at radius 3 is 2.83 bits per heavy atom. The highest BCUT2D eigenvalue weighted by Gasteiger charge is 2.25. The Morgan fingerprint density at radius 1 is 1.50 bits per heavy atom. The predicted octanol–water partition coefficient (Wildman–Crippen LogP) is 1.09. The van der Waals surface area contributed by atoms with Crippen LogP contribution in [-0.4, -0.2) is 53.4 Å². The molecule has 1 unspecified atom stereocenters. The second-order valence-electron chi connectivity index (χ2n) is 4.68. The average molecular weight is 269 g/mol. The zero-order valence-corrected chi connectivity index (χ0v) is 11.3. The van der Waals surface area contributed by atoms with E-state index in [1.165, 1.54) is 0 Å². The van der Waals surface area contributed by atoms with Crippen molar-refractivity contribution in [1.82, 2.24) is 14.8 Å². The lowest BCUT2D eigenvalue weighted by atomic mass is 10.1. The van der Waals surface area contributed by atoms with Crippen LogP contribution in [0.2, 0.25) is 5.15 Å². The number of nitrogens with zero attached hydrogens (tertiary/aromatic N) is 3. The summed E-state index contributed by atoms with van der Waals surface area (Å²) in [4.78, 5) is 20.2. The molecule has 98 valence electrons. The maximum absolute atomic E-state index is 12.3. The molecule has 1 aliphatic heterocycles. The highest BCUT2D eigenvalue weighted by molar-refractivity contribution is 6.29. The number of likely N-dealkylation sites (N-methyl/N-ethyl adjacent to an activating group) is 1. The number of halogens is 1. The number of nitrogen functional groups attached to an aromatic ring is 1. The van der Waals surface area contributed by atoms with Crippen LogP contribution in [0.4, 0.5) is 5.82 Å². The number of piperazine rings is 1. The molecular weight excluding hydrogens is 252 g/mol. The van der Waals surface area contributed by atoms with Gasteiger partial charge >= 0.3 is 0 Å². The monoisotopic (exact) mass is 268 g/mol. The summed E-state index contributed by atoms with van der Waals surface area (Å²) < 4.78 is 0. The van der Waals surface area contributed by atoms with Gasteiger partial charge in [0.15, 0.2) is 0 Å². The zero-order valence-electron chi connectivity index (χ0n) is 10.6. The number of hydrogen-bond donors (Lipinski definition) is 1. The van der Waals surface area contributed by atoms with Gasteiger partial charge in [0.25, 0.3) is 5.91 Å². The summed E-state index contributed by atoms with van der Waals surface area (Å²) in [5, 5.41) is 0.250. The fourth-order valence-electron chi connectivity index (χ4n) is 2.06. The molecule has 18 heavy (non-hydrogen) atoms. The van der Waals surface area contributed by atoms with Crippen LogP contribution in [0.1, 0.15) is 17.3 Å². The Hall–Kier alpha value is -1.33. The normalized spacial score (nSPS) is 21.1. The Morgan fingerprint density at radius 2 is 2.22 bits per heavy atom. The summed E-state index contributed by atoms with van der Waals surface area (Å²) in [5.74, 6) is 0.235. The molecule has 0 radical (unpaired) electrons. The summed E-state index contributed by atoms with van der Waals surface area (Å²) in [6.07, 6.45) is 0. The molecule has 0 aromatic carbocycles. The number of aromatic nitrogens is 1. The van der Waals surface area contributed by atoms with Crippen LogP contribution in [0.15, 0.2) is 12.1 Å². The fourth-order valence-corrected chi connectivity index (χ4v) is 2.27. The van der Waals surface area contributed by atoms with E-state index in [9.17, 15) is 4.79 Å². The molecule has 0 saturated carbocycles. The Bertz CT molecular complexity index is 445. The van der Waals surface area contributed by atoms with E-state index in [1.54, 1.807) is 12.1 Å². The summed E-state index contributed by atoms with van der Waals surface area (Å²) in [7, 11) is 2.06. The molecule has 1 saturated heterocycles. The molecular formula is C12H17ClN4O. The molecule has 2 N–H and O–H groups in total. The lowest BCUT2D eigenvalue weighted by molar-refractivity contribution is 0.0572. The molecule has 1 atom stereocenters. The first-order chi connectivity index (χ1) is 8.47. The van der Waals surface area contributed by atoms with E-state index in [4.69, 9.17) is 17.3 Å². The van der Waals surface area contributed by atoms with Gasteiger partial charge in [-0.1, -0.05) is 11.6 Å². The summed E-state index contributed by atoms with van der Waals surface area (Å²) in [6.45, 7) is 4.42. The van der Waals surface area contributed by atoms with E-state index in [1.807, 2.05) is 4.90 Å². The number of carbonyl (C=O) groups excluding carboxylic acids is 1. The molecule has 5 nitrogen and oxygen atoms in total. The van der Waals surface area contributed by atoms with Gasteiger partial charge in [-0.3, -0.25) is 4.79 Å². The van der Waals surface area contributed by atoms with E-state index in [2.05, 4.69) is 23.9 Å². The van der Waals surface area contributed by atoms with Gasteiger partial charge in [-0.05, 0) is 26.1 Å². The van der Waals surface area contributed by atoms with Gasteiger partial charge in [0, 0.05) is 31.2 Å². The van der Waals surface area contributed by atoms with Crippen molar-refractivity contribution in [2.75, 3.05) is 32.4 Å². The lowest BCUT2D eigenvalue weighted by Crippen LogP contribution is -2.52. The molecule has 0 bridgehead atoms. The van der Waals surface area contributed by atoms with Crippen LogP contribution >= 0.6 is 11.6 Å². The number of pyridine rings is 1. The minimum absolute atomic E-state index is 0.0362. The predicted molar refractivity (Wildman–Crippen MR) is 71.7 cm³/mol. The van der Waals surface area contributed by atoms with Crippen LogP contribution in [0.3, 0.4) is 0 Å². The van der Waals surface area contributed by atoms with Gasteiger partial charge in [0.05, 0.1) is 0 Å². The summed E-state index contributed by atoms with van der Waals surface area (Å²) in [6, 6.07) is 3.48. The molecule has 1 aliphatic rings. The number of nitrogens with two attached hydrogens (primary N) is 1. The van der Waals surface area contributed by atoms with Crippen molar-refractivity contribution in [2.24, 2.45) is 0 Å². The first-order valence-corrected chi connectivity index (χ1v) is 6.27. The van der Waals surface area contributed by atoms with Gasteiger partial charge in [-0.2, -0.15) is 0 Å². The molecule has 0 spiro atoms. The number of hydrogen-bond acceptors (Lipinski definition) is 4. The van der Waals surface area contributed by atoms with Crippen LogP contribution in [0, 0.1) is 0 Å². The van der Waals surface area contributed by atoms with Gasteiger partial charge in [-0.25, -0.2) is 4.98 Å². The minimum atomic E-state index is -0.0362. The number of anilines is 1. The van der Waals surface area contributed by atoms with Gasteiger partial charge in [-0.15, -0.1) is 0 Å². The second-order valence-corrected chi connectivity index (χ2v) is 5.07. The molecule has 0 aliphatic carbocycles. The van der Waals surface area contributed by atoms with Gasteiger partial charge in [0.2, 0.25) is 0 Å². The Labute approximate surface area is 112 Å². The largest absolute Gasteiger partial charge is 0.384 e. The molecule has 2 rings (SSSR count). The second kappa shape index (κ2) is 5.12. The van der Waals surface area contributed by atoms with Crippen LogP contribution < -0.4 is 5.73 Å². The van der Waals surface area contributed by atoms with Crippen molar-refractivity contribution >= 4 is 23.3 Å². The maximum atomic E-state index is 12.3. The van der Waals surface area contributed by atoms with Crippen molar-refractivity contribution in [2.45, 2.75) is 13.0 Å². The van der Waals surface area contributed by atoms with Crippen molar-refractivity contribution < 1.29 is 4.79 Å². The van der Waals surface area contributed by atoms with E-state index < -0.39 is 0 Å². The number of amides is 1. The van der Waals surface area contributed by atoms with E-state index in [0.29, 0.717) is 11.6 Å². The van der Waals surface area contributed by atoms with E-state index in [0.717, 1.165) is 19.6 Å². The lowest BCUT2D eigenvalue weighted by Gasteiger charge is -2.37. The molecule has 1 amide bonds. The first-order valence-electron chi connectivity index (χ1n) is 5.90. The average Bonchev–Trinajstić information content (AvgIpc) is 2.30. The molecule has 2 heterocycles. The first kappa shape index (κ1) is 13.1. The van der Waals surface area contributed by atoms with Gasteiger partial charge < -0.3 is 15.5 Å². The van der Waals surface area contributed by atoms with Gasteiger partial charge in [0.1, 0.15) is 11.0 Å². The SMILES string of the molecule is CC1CN(C(=O)c2cc(N)nc(Cl)c2)CCN1C. The standard InChI is InChI=1S/C12H17ClN4O/c1-8-7-17(4-3-16(8)2)12(18)9-5-10(13)15-11(14)6-9/h5-6,8H,3-4,7H2,1-2H3,(H2,14,15). The third kappa shape index (κ3) is 2.73. The minimum Gasteiger partial charge on any atom is -0.384 e. The maximum Gasteiger partial charge on any atom is 0.254 e. The molecule has 1 fully saturated rings. The highest BCUT2D eigenvalue weighted by atomic mass is 35.5. The van der Waals surface area contributed by atoms with Crippen LogP contribution in [-0.2, 0) is 0 Å². The van der Waals surface area contributed by atoms with Crippen molar-refractivity contribution in [3.05, 3.63) is 22.8 Å². The van der Waals surface area contributed by atoms with Crippen LogP contribution in [0.5, 0.6) is 0 Å². The third-order valence-electron chi connectivity index (χ3n) is 3.31. The smallest absolute Gasteiger partial charge is 0.254 e. The topological polar surface area (TPSA) is 62.5 Å². The van der Waals surface area contributed by atoms with Crippen LogP contribution in [0.25, 0.3) is 0 Å². The molecule has 6 heteroatoms. The number of rotatable bonds is 1. The third-order valence-corrected chi connectivity index (χ3v) is 3.50. The fraction of sp³-hybridized carbons (Fsp3) is 0.500. The number of carbonyl (C=O) groups is 1. The van der Waals surface area contributed by atoms with E-state index >= 15 is 0 Å². The Balaban J connectivity index is 2.16. The van der Waals surface area contributed by atoms with Crippen molar-refractivity contribution in [3.63, 3.8) is 0 Å². The van der Waals surface area contributed by atoms with Crippen molar-refractivity contribution in [3.8, 4) is 0 Å². The van der Waals surface area contributed by atoms with E-state index in [-0.39, 0.29) is 16.9 Å². The Kier molecular flexibility index (Phi) is 3.73. The highest BCUT2D eigenvalue weighted by Crippen LogP contribution is 2.16. The van der Waals surface area contributed by atoms with Crippen molar-refractivity contribution in [1.29, 1.82) is 0 Å². The summed E-state index contributed by atoms with van der Waals surface area (Å²) in [5.41, 5.74) is 6.11. The summed E-state index contributed by atoms with van der Waals surface area (Å²) >= 11 is 5.81. The quantitative estimate of drug-likeness (QED) is 0.775. The molecule has 1 aromatic heterocycles. The molecule has 1 aromatic rings. The zero-order chi connectivity index (χ0) is 13.3.